The van der Waals surface area contributed by atoms with Crippen LogP contribution in [0.4, 0.5) is 5.82 Å². The summed E-state index contributed by atoms with van der Waals surface area (Å²) in [6.07, 6.45) is 5.43. The summed E-state index contributed by atoms with van der Waals surface area (Å²) in [7, 11) is 1.99. The summed E-state index contributed by atoms with van der Waals surface area (Å²) in [6, 6.07) is 1.54. The molecule has 14 heavy (non-hydrogen) atoms. The van der Waals surface area contributed by atoms with Crippen molar-refractivity contribution in [1.29, 1.82) is 0 Å². The van der Waals surface area contributed by atoms with E-state index in [2.05, 4.69) is 14.9 Å². The molecule has 2 rings (SSSR count). The lowest BCUT2D eigenvalue weighted by atomic mass is 9.85. The van der Waals surface area contributed by atoms with E-state index in [-0.39, 0.29) is 5.56 Å². The van der Waals surface area contributed by atoms with Gasteiger partial charge in [-0.3, -0.25) is 4.79 Å². The van der Waals surface area contributed by atoms with E-state index in [1.165, 1.54) is 25.6 Å². The number of anilines is 1. The Morgan fingerprint density at radius 2 is 2.43 bits per heavy atom. The fourth-order valence-electron chi connectivity index (χ4n) is 1.72. The molecular formula is C10H15N3O. The highest BCUT2D eigenvalue weighted by molar-refractivity contribution is 5.35. The first kappa shape index (κ1) is 9.24. The lowest BCUT2D eigenvalue weighted by Gasteiger charge is -2.30. The van der Waals surface area contributed by atoms with E-state index in [0.717, 1.165) is 18.3 Å². The van der Waals surface area contributed by atoms with Gasteiger partial charge >= 0.3 is 0 Å². The maximum atomic E-state index is 11.0. The van der Waals surface area contributed by atoms with Crippen LogP contribution in [0, 0.1) is 5.92 Å². The van der Waals surface area contributed by atoms with E-state index >= 15 is 0 Å². The smallest absolute Gasteiger partial charge is 0.252 e. The fourth-order valence-corrected chi connectivity index (χ4v) is 1.72. The second kappa shape index (κ2) is 3.82. The zero-order valence-electron chi connectivity index (χ0n) is 8.36. The van der Waals surface area contributed by atoms with Gasteiger partial charge in [0.05, 0.1) is 6.33 Å². The molecule has 0 aromatic carbocycles. The van der Waals surface area contributed by atoms with Crippen molar-refractivity contribution in [2.24, 2.45) is 5.92 Å². The molecule has 1 heterocycles. The van der Waals surface area contributed by atoms with E-state index in [4.69, 9.17) is 0 Å². The van der Waals surface area contributed by atoms with Crippen LogP contribution in [0.3, 0.4) is 0 Å². The molecule has 0 amide bonds. The van der Waals surface area contributed by atoms with Gasteiger partial charge in [-0.2, -0.15) is 0 Å². The zero-order valence-corrected chi connectivity index (χ0v) is 8.36. The summed E-state index contributed by atoms with van der Waals surface area (Å²) in [5, 5.41) is 0. The molecule has 0 aliphatic heterocycles. The predicted molar refractivity (Wildman–Crippen MR) is 55.5 cm³/mol. The highest BCUT2D eigenvalue weighted by Gasteiger charge is 2.19. The van der Waals surface area contributed by atoms with Gasteiger partial charge in [-0.15, -0.1) is 0 Å². The molecule has 0 bridgehead atoms. The summed E-state index contributed by atoms with van der Waals surface area (Å²) >= 11 is 0. The van der Waals surface area contributed by atoms with Crippen LogP contribution in [0.15, 0.2) is 17.2 Å². The molecular weight excluding hydrogens is 178 g/mol. The molecule has 1 saturated carbocycles. The lowest BCUT2D eigenvalue weighted by Crippen LogP contribution is -2.30. The fraction of sp³-hybridized carbons (Fsp3) is 0.600. The summed E-state index contributed by atoms with van der Waals surface area (Å²) in [5.41, 5.74) is -0.0875. The van der Waals surface area contributed by atoms with Crippen LogP contribution in [-0.4, -0.2) is 23.6 Å². The normalized spacial score (nSPS) is 16.4. The minimum atomic E-state index is -0.0875. The largest absolute Gasteiger partial charge is 0.359 e. The number of hydrogen-bond acceptors (Lipinski definition) is 3. The Labute approximate surface area is 83.0 Å². The van der Waals surface area contributed by atoms with E-state index < -0.39 is 0 Å². The summed E-state index contributed by atoms with van der Waals surface area (Å²) in [6.45, 7) is 1.01. The Morgan fingerprint density at radius 3 is 3.00 bits per heavy atom. The van der Waals surface area contributed by atoms with Crippen LogP contribution in [0.1, 0.15) is 19.3 Å². The Bertz CT molecular complexity index is 356. The number of H-pyrrole nitrogens is 1. The molecule has 0 saturated heterocycles. The number of aromatic amines is 1. The first-order valence-electron chi connectivity index (χ1n) is 5.01. The van der Waals surface area contributed by atoms with Crippen molar-refractivity contribution in [1.82, 2.24) is 9.97 Å². The summed E-state index contributed by atoms with van der Waals surface area (Å²) < 4.78 is 0. The van der Waals surface area contributed by atoms with Crippen LogP contribution < -0.4 is 10.5 Å². The van der Waals surface area contributed by atoms with E-state index in [9.17, 15) is 4.79 Å². The molecule has 0 atom stereocenters. The van der Waals surface area contributed by atoms with Gasteiger partial charge in [0.1, 0.15) is 5.82 Å². The van der Waals surface area contributed by atoms with Crippen molar-refractivity contribution < 1.29 is 0 Å². The van der Waals surface area contributed by atoms with Gasteiger partial charge in [0.15, 0.2) is 0 Å². The minimum absolute atomic E-state index is 0.0875. The van der Waals surface area contributed by atoms with Crippen molar-refractivity contribution in [3.05, 3.63) is 22.7 Å². The first-order chi connectivity index (χ1) is 6.75. The van der Waals surface area contributed by atoms with E-state index in [1.807, 2.05) is 7.05 Å². The Morgan fingerprint density at radius 1 is 1.64 bits per heavy atom. The van der Waals surface area contributed by atoms with Gasteiger partial charge in [0, 0.05) is 19.7 Å². The Kier molecular flexibility index (Phi) is 2.52. The SMILES string of the molecule is CN(CC1CCC1)c1cc(=O)[nH]cn1. The van der Waals surface area contributed by atoms with Crippen LogP contribution in [0.2, 0.25) is 0 Å². The van der Waals surface area contributed by atoms with Gasteiger partial charge in [-0.1, -0.05) is 6.42 Å². The molecule has 4 nitrogen and oxygen atoms in total. The van der Waals surface area contributed by atoms with Gasteiger partial charge in [0.25, 0.3) is 5.56 Å². The highest BCUT2D eigenvalue weighted by atomic mass is 16.1. The molecule has 1 aliphatic carbocycles. The van der Waals surface area contributed by atoms with Gasteiger partial charge < -0.3 is 9.88 Å². The monoisotopic (exact) mass is 193 g/mol. The third-order valence-corrected chi connectivity index (χ3v) is 2.81. The van der Waals surface area contributed by atoms with Crippen LogP contribution in [-0.2, 0) is 0 Å². The standard InChI is InChI=1S/C10H15N3O/c1-13(6-8-3-2-4-8)9-5-10(14)12-7-11-9/h5,7-8H,2-4,6H2,1H3,(H,11,12,14). The van der Waals surface area contributed by atoms with Crippen molar-refractivity contribution in [2.45, 2.75) is 19.3 Å². The quantitative estimate of drug-likeness (QED) is 0.779. The number of hydrogen-bond donors (Lipinski definition) is 1. The molecule has 0 unspecified atom stereocenters. The zero-order chi connectivity index (χ0) is 9.97. The maximum Gasteiger partial charge on any atom is 0.252 e. The van der Waals surface area contributed by atoms with Gasteiger partial charge in [-0.05, 0) is 18.8 Å². The van der Waals surface area contributed by atoms with Crippen LogP contribution >= 0.6 is 0 Å². The van der Waals surface area contributed by atoms with Crippen molar-refractivity contribution in [3.8, 4) is 0 Å². The molecule has 0 radical (unpaired) electrons. The van der Waals surface area contributed by atoms with Gasteiger partial charge in [-0.25, -0.2) is 4.98 Å². The predicted octanol–water partition coefficient (Wildman–Crippen LogP) is 1.01. The van der Waals surface area contributed by atoms with Gasteiger partial charge in [0.2, 0.25) is 0 Å². The van der Waals surface area contributed by atoms with Crippen molar-refractivity contribution in [2.75, 3.05) is 18.5 Å². The lowest BCUT2D eigenvalue weighted by molar-refractivity contribution is 0.321. The average molecular weight is 193 g/mol. The summed E-state index contributed by atoms with van der Waals surface area (Å²) in [5.74, 6) is 1.56. The van der Waals surface area contributed by atoms with E-state index in [1.54, 1.807) is 6.07 Å². The molecule has 1 fully saturated rings. The number of nitrogens with zero attached hydrogens (tertiary/aromatic N) is 2. The minimum Gasteiger partial charge on any atom is -0.359 e. The average Bonchev–Trinajstić information content (AvgIpc) is 2.11. The second-order valence-electron chi connectivity index (χ2n) is 3.95. The van der Waals surface area contributed by atoms with Crippen LogP contribution in [0.25, 0.3) is 0 Å². The Hall–Kier alpha value is -1.32. The van der Waals surface area contributed by atoms with Crippen molar-refractivity contribution in [3.63, 3.8) is 0 Å². The first-order valence-corrected chi connectivity index (χ1v) is 5.01. The van der Waals surface area contributed by atoms with Crippen LogP contribution in [0.5, 0.6) is 0 Å². The van der Waals surface area contributed by atoms with E-state index in [0.29, 0.717) is 0 Å². The molecule has 1 aromatic rings. The third-order valence-electron chi connectivity index (χ3n) is 2.81. The second-order valence-corrected chi connectivity index (χ2v) is 3.95. The third kappa shape index (κ3) is 1.95. The highest BCUT2D eigenvalue weighted by Crippen LogP contribution is 2.27. The number of nitrogens with one attached hydrogen (secondary N) is 1. The van der Waals surface area contributed by atoms with Crippen molar-refractivity contribution >= 4 is 5.82 Å². The Balaban J connectivity index is 2.02. The molecule has 1 aliphatic rings. The maximum absolute atomic E-state index is 11.0. The molecule has 76 valence electrons. The number of aromatic nitrogens is 2. The number of rotatable bonds is 3. The molecule has 1 aromatic heterocycles. The molecule has 0 spiro atoms. The topological polar surface area (TPSA) is 49.0 Å². The summed E-state index contributed by atoms with van der Waals surface area (Å²) in [4.78, 5) is 19.7. The molecule has 1 N–H and O–H groups in total. The molecule has 4 heteroatoms.